The molecular weight excluding hydrogens is 234 g/mol. The van der Waals surface area contributed by atoms with Crippen LogP contribution in [0.15, 0.2) is 6.20 Å². The quantitative estimate of drug-likeness (QED) is 0.354. The first kappa shape index (κ1) is 12.9. The minimum absolute atomic E-state index is 0.101. The van der Waals surface area contributed by atoms with E-state index in [1.165, 1.54) is 13.1 Å². The summed E-state index contributed by atoms with van der Waals surface area (Å²) in [7, 11) is 0. The predicted octanol–water partition coefficient (Wildman–Crippen LogP) is -0.429. The lowest BCUT2D eigenvalue weighted by Gasteiger charge is -2.21. The standard InChI is InChI=1S/C8H14ClN5O2/c1-8(16,4-15)3-12-6-5(9)2-11-7(13-6)14-10/h2,15-16H,3-4,10H2,1H3,(H2,11,12,13,14). The third-order valence-corrected chi connectivity index (χ3v) is 2.13. The van der Waals surface area contributed by atoms with E-state index in [0.29, 0.717) is 10.8 Å². The van der Waals surface area contributed by atoms with E-state index in [-0.39, 0.29) is 19.1 Å². The zero-order valence-electron chi connectivity index (χ0n) is 8.74. The number of anilines is 2. The summed E-state index contributed by atoms with van der Waals surface area (Å²) in [4.78, 5) is 7.74. The normalized spacial score (nSPS) is 14.3. The van der Waals surface area contributed by atoms with Gasteiger partial charge in [0.2, 0.25) is 5.95 Å². The van der Waals surface area contributed by atoms with Crippen LogP contribution in [0.1, 0.15) is 6.92 Å². The molecule has 16 heavy (non-hydrogen) atoms. The van der Waals surface area contributed by atoms with Crippen LogP contribution >= 0.6 is 11.6 Å². The van der Waals surface area contributed by atoms with Crippen molar-refractivity contribution in [2.45, 2.75) is 12.5 Å². The molecule has 90 valence electrons. The number of aromatic nitrogens is 2. The summed E-state index contributed by atoms with van der Waals surface area (Å²) in [5, 5.41) is 21.5. The van der Waals surface area contributed by atoms with E-state index < -0.39 is 5.60 Å². The van der Waals surface area contributed by atoms with Gasteiger partial charge in [-0.15, -0.1) is 0 Å². The highest BCUT2D eigenvalue weighted by atomic mass is 35.5. The second-order valence-corrected chi connectivity index (χ2v) is 3.95. The van der Waals surface area contributed by atoms with Gasteiger partial charge >= 0.3 is 0 Å². The number of hydrogen-bond acceptors (Lipinski definition) is 7. The summed E-state index contributed by atoms with van der Waals surface area (Å²) >= 11 is 5.83. The number of nitrogens with one attached hydrogen (secondary N) is 2. The smallest absolute Gasteiger partial charge is 0.239 e. The summed E-state index contributed by atoms with van der Waals surface area (Å²) in [6.07, 6.45) is 1.37. The summed E-state index contributed by atoms with van der Waals surface area (Å²) < 4.78 is 0. The largest absolute Gasteiger partial charge is 0.393 e. The minimum Gasteiger partial charge on any atom is -0.393 e. The first-order chi connectivity index (χ1) is 7.48. The number of nitrogens with two attached hydrogens (primary N) is 1. The van der Waals surface area contributed by atoms with Crippen LogP contribution in [0.25, 0.3) is 0 Å². The maximum absolute atomic E-state index is 9.56. The molecule has 1 heterocycles. The van der Waals surface area contributed by atoms with Gasteiger partial charge in [0.25, 0.3) is 0 Å². The van der Waals surface area contributed by atoms with E-state index >= 15 is 0 Å². The van der Waals surface area contributed by atoms with E-state index in [0.717, 1.165) is 0 Å². The van der Waals surface area contributed by atoms with Crippen LogP contribution in [0, 0.1) is 0 Å². The molecule has 1 atom stereocenters. The molecule has 8 heteroatoms. The van der Waals surface area contributed by atoms with Gasteiger partial charge in [-0.05, 0) is 6.92 Å². The minimum atomic E-state index is -1.25. The van der Waals surface area contributed by atoms with Crippen LogP contribution in [-0.4, -0.2) is 38.9 Å². The molecule has 0 fully saturated rings. The molecule has 1 unspecified atom stereocenters. The van der Waals surface area contributed by atoms with Crippen LogP contribution in [0.2, 0.25) is 5.02 Å². The summed E-state index contributed by atoms with van der Waals surface area (Å²) in [5.74, 6) is 5.68. The van der Waals surface area contributed by atoms with Crippen molar-refractivity contribution in [3.63, 3.8) is 0 Å². The second-order valence-electron chi connectivity index (χ2n) is 3.54. The van der Waals surface area contributed by atoms with Gasteiger partial charge in [0.15, 0.2) is 5.82 Å². The third-order valence-electron chi connectivity index (χ3n) is 1.85. The number of aliphatic hydroxyl groups is 2. The summed E-state index contributed by atoms with van der Waals surface area (Å²) in [6, 6.07) is 0. The number of nitrogen functional groups attached to an aromatic ring is 1. The molecule has 1 aromatic heterocycles. The molecule has 1 rings (SSSR count). The van der Waals surface area contributed by atoms with Crippen molar-refractivity contribution in [2.75, 3.05) is 23.9 Å². The van der Waals surface area contributed by atoms with E-state index in [9.17, 15) is 5.11 Å². The van der Waals surface area contributed by atoms with Crippen molar-refractivity contribution in [3.8, 4) is 0 Å². The fourth-order valence-electron chi connectivity index (χ4n) is 0.891. The van der Waals surface area contributed by atoms with Crippen molar-refractivity contribution in [2.24, 2.45) is 5.84 Å². The monoisotopic (exact) mass is 247 g/mol. The second kappa shape index (κ2) is 5.26. The fraction of sp³-hybridized carbons (Fsp3) is 0.500. The average Bonchev–Trinajstić information content (AvgIpc) is 2.28. The van der Waals surface area contributed by atoms with Gasteiger partial charge < -0.3 is 15.5 Å². The van der Waals surface area contributed by atoms with E-state index in [2.05, 4.69) is 20.7 Å². The predicted molar refractivity (Wildman–Crippen MR) is 61.1 cm³/mol. The number of hydrogen-bond donors (Lipinski definition) is 5. The number of rotatable bonds is 5. The Morgan fingerprint density at radius 3 is 2.88 bits per heavy atom. The van der Waals surface area contributed by atoms with Gasteiger partial charge in [-0.2, -0.15) is 4.98 Å². The van der Waals surface area contributed by atoms with Crippen LogP contribution in [0.3, 0.4) is 0 Å². The SMILES string of the molecule is CC(O)(CO)CNc1nc(NN)ncc1Cl. The lowest BCUT2D eigenvalue weighted by atomic mass is 10.1. The van der Waals surface area contributed by atoms with Crippen molar-refractivity contribution < 1.29 is 10.2 Å². The zero-order valence-corrected chi connectivity index (χ0v) is 9.49. The Kier molecular flexibility index (Phi) is 4.25. The molecule has 0 saturated heterocycles. The number of hydrazine groups is 1. The van der Waals surface area contributed by atoms with Crippen molar-refractivity contribution in [1.29, 1.82) is 0 Å². The van der Waals surface area contributed by atoms with E-state index in [1.807, 2.05) is 0 Å². The van der Waals surface area contributed by atoms with Crippen molar-refractivity contribution in [3.05, 3.63) is 11.2 Å². The van der Waals surface area contributed by atoms with Gasteiger partial charge in [0.1, 0.15) is 10.6 Å². The van der Waals surface area contributed by atoms with Gasteiger partial charge in [0.05, 0.1) is 12.8 Å². The molecule has 0 spiro atoms. The Morgan fingerprint density at radius 2 is 2.31 bits per heavy atom. The topological polar surface area (TPSA) is 116 Å². The lowest BCUT2D eigenvalue weighted by molar-refractivity contribution is 0.0132. The van der Waals surface area contributed by atoms with Gasteiger partial charge in [-0.25, -0.2) is 10.8 Å². The Labute approximate surface area is 97.6 Å². The molecule has 7 nitrogen and oxygen atoms in total. The fourth-order valence-corrected chi connectivity index (χ4v) is 1.05. The molecule has 0 amide bonds. The average molecular weight is 248 g/mol. The van der Waals surface area contributed by atoms with Gasteiger partial charge in [0, 0.05) is 6.54 Å². The molecule has 0 saturated carbocycles. The van der Waals surface area contributed by atoms with Crippen LogP contribution < -0.4 is 16.6 Å². The Bertz CT molecular complexity index is 360. The molecule has 0 aliphatic rings. The van der Waals surface area contributed by atoms with Crippen molar-refractivity contribution in [1.82, 2.24) is 9.97 Å². The van der Waals surface area contributed by atoms with Crippen LogP contribution in [0.5, 0.6) is 0 Å². The molecule has 6 N–H and O–H groups in total. The van der Waals surface area contributed by atoms with E-state index in [4.69, 9.17) is 22.6 Å². The number of halogens is 1. The number of nitrogens with zero attached hydrogens (tertiary/aromatic N) is 2. The molecule has 1 aromatic rings. The molecule has 0 aromatic carbocycles. The molecule has 0 bridgehead atoms. The zero-order chi connectivity index (χ0) is 12.2. The first-order valence-corrected chi connectivity index (χ1v) is 4.92. The highest BCUT2D eigenvalue weighted by Gasteiger charge is 2.19. The summed E-state index contributed by atoms with van der Waals surface area (Å²) in [6.45, 7) is 1.21. The summed E-state index contributed by atoms with van der Waals surface area (Å²) in [5.41, 5.74) is 1.03. The van der Waals surface area contributed by atoms with Gasteiger partial charge in [-0.1, -0.05) is 11.6 Å². The Hall–Kier alpha value is -1.15. The van der Waals surface area contributed by atoms with E-state index in [1.54, 1.807) is 0 Å². The van der Waals surface area contributed by atoms with Crippen molar-refractivity contribution >= 4 is 23.4 Å². The Balaban J connectivity index is 2.73. The maximum atomic E-state index is 9.56. The van der Waals surface area contributed by atoms with Gasteiger partial charge in [-0.3, -0.25) is 5.43 Å². The highest BCUT2D eigenvalue weighted by molar-refractivity contribution is 6.32. The lowest BCUT2D eigenvalue weighted by Crippen LogP contribution is -2.37. The maximum Gasteiger partial charge on any atom is 0.239 e. The molecule has 0 radical (unpaired) electrons. The molecule has 0 aliphatic carbocycles. The highest BCUT2D eigenvalue weighted by Crippen LogP contribution is 2.19. The molecular formula is C8H14ClN5O2. The first-order valence-electron chi connectivity index (χ1n) is 4.55. The molecule has 0 aliphatic heterocycles. The Morgan fingerprint density at radius 1 is 1.62 bits per heavy atom. The third kappa shape index (κ3) is 3.46. The number of aliphatic hydroxyl groups excluding tert-OH is 1. The van der Waals surface area contributed by atoms with Crippen LogP contribution in [-0.2, 0) is 0 Å². The van der Waals surface area contributed by atoms with Crippen LogP contribution in [0.4, 0.5) is 11.8 Å².